The fraction of sp³-hybridized carbons (Fsp3) is 0.667. The number of rotatable bonds is 4. The molecule has 0 bridgehead atoms. The summed E-state index contributed by atoms with van der Waals surface area (Å²) in [5.41, 5.74) is 5.23. The Balaban J connectivity index is 2.05. The Labute approximate surface area is 123 Å². The summed E-state index contributed by atoms with van der Waals surface area (Å²) in [6, 6.07) is 0. The van der Waals surface area contributed by atoms with Crippen molar-refractivity contribution in [3.05, 3.63) is 5.28 Å². The van der Waals surface area contributed by atoms with Crippen LogP contribution in [-0.4, -0.2) is 48.0 Å². The first kappa shape index (κ1) is 14.8. The monoisotopic (exact) mass is 298 g/mol. The maximum Gasteiger partial charge on any atom is 0.231 e. The maximum absolute atomic E-state index is 10.9. The number of amides is 1. The molecule has 1 fully saturated rings. The largest absolute Gasteiger partial charge is 0.370 e. The van der Waals surface area contributed by atoms with Gasteiger partial charge in [0.2, 0.25) is 23.1 Å². The van der Waals surface area contributed by atoms with Crippen molar-refractivity contribution in [2.45, 2.75) is 19.3 Å². The lowest BCUT2D eigenvalue weighted by molar-refractivity contribution is -0.119. The van der Waals surface area contributed by atoms with Crippen molar-refractivity contribution in [2.24, 2.45) is 11.7 Å². The van der Waals surface area contributed by atoms with Gasteiger partial charge in [0.25, 0.3) is 0 Å². The molecular formula is C12H19ClN6O. The van der Waals surface area contributed by atoms with Crippen molar-refractivity contribution in [2.75, 3.05) is 37.0 Å². The van der Waals surface area contributed by atoms with Gasteiger partial charge in [0.1, 0.15) is 0 Å². The van der Waals surface area contributed by atoms with Crippen LogP contribution in [-0.2, 0) is 4.79 Å². The van der Waals surface area contributed by atoms with E-state index in [2.05, 4.69) is 19.9 Å². The highest BCUT2D eigenvalue weighted by Crippen LogP contribution is 2.24. The number of nitrogens with zero attached hydrogens (tertiary/aromatic N) is 5. The van der Waals surface area contributed by atoms with Crippen LogP contribution in [0.1, 0.15) is 19.3 Å². The SMILES string of the molecule is CN(C)c1nc(Cl)nc(N2CCC(CC(N)=O)CC2)n1. The molecule has 1 aliphatic heterocycles. The number of anilines is 2. The molecule has 1 aromatic rings. The zero-order valence-corrected chi connectivity index (χ0v) is 12.5. The second-order valence-corrected chi connectivity index (χ2v) is 5.54. The van der Waals surface area contributed by atoms with E-state index in [-0.39, 0.29) is 11.2 Å². The van der Waals surface area contributed by atoms with Gasteiger partial charge >= 0.3 is 0 Å². The lowest BCUT2D eigenvalue weighted by Crippen LogP contribution is -2.36. The van der Waals surface area contributed by atoms with Crippen molar-refractivity contribution < 1.29 is 4.79 Å². The minimum absolute atomic E-state index is 0.193. The Morgan fingerprint density at radius 3 is 2.55 bits per heavy atom. The van der Waals surface area contributed by atoms with Crippen LogP contribution in [0.4, 0.5) is 11.9 Å². The van der Waals surface area contributed by atoms with Gasteiger partial charge in [0.05, 0.1) is 0 Å². The van der Waals surface area contributed by atoms with E-state index in [4.69, 9.17) is 17.3 Å². The van der Waals surface area contributed by atoms with Crippen LogP contribution in [0.3, 0.4) is 0 Å². The first-order valence-electron chi connectivity index (χ1n) is 6.58. The third-order valence-corrected chi connectivity index (χ3v) is 3.54. The summed E-state index contributed by atoms with van der Waals surface area (Å²) in [6.07, 6.45) is 2.27. The molecule has 0 unspecified atom stereocenters. The molecule has 2 heterocycles. The van der Waals surface area contributed by atoms with E-state index in [1.54, 1.807) is 4.90 Å². The van der Waals surface area contributed by atoms with E-state index >= 15 is 0 Å². The standard InChI is InChI=1S/C12H19ClN6O/c1-18(2)11-15-10(13)16-12(17-11)19-5-3-8(4-6-19)7-9(14)20/h8H,3-7H2,1-2H3,(H2,14,20). The lowest BCUT2D eigenvalue weighted by Gasteiger charge is -2.31. The summed E-state index contributed by atoms with van der Waals surface area (Å²) in [5, 5.41) is 0.193. The fourth-order valence-corrected chi connectivity index (χ4v) is 2.44. The van der Waals surface area contributed by atoms with Crippen LogP contribution in [0.15, 0.2) is 0 Å². The Kier molecular flexibility index (Phi) is 4.59. The molecule has 20 heavy (non-hydrogen) atoms. The number of primary amides is 1. The van der Waals surface area contributed by atoms with Gasteiger partial charge in [-0.15, -0.1) is 0 Å². The summed E-state index contributed by atoms with van der Waals surface area (Å²) < 4.78 is 0. The zero-order chi connectivity index (χ0) is 14.7. The molecule has 1 amide bonds. The number of hydrogen-bond donors (Lipinski definition) is 1. The molecule has 2 rings (SSSR count). The van der Waals surface area contributed by atoms with Crippen LogP contribution in [0.5, 0.6) is 0 Å². The van der Waals surface area contributed by atoms with Crippen molar-refractivity contribution in [1.82, 2.24) is 15.0 Å². The average Bonchev–Trinajstić information content (AvgIpc) is 2.38. The van der Waals surface area contributed by atoms with E-state index in [1.165, 1.54) is 0 Å². The fourth-order valence-electron chi connectivity index (χ4n) is 2.29. The van der Waals surface area contributed by atoms with Crippen molar-refractivity contribution >= 4 is 29.4 Å². The molecule has 2 N–H and O–H groups in total. The molecule has 8 heteroatoms. The first-order valence-corrected chi connectivity index (χ1v) is 6.95. The normalized spacial score (nSPS) is 16.2. The molecule has 7 nitrogen and oxygen atoms in total. The first-order chi connectivity index (χ1) is 9.45. The lowest BCUT2D eigenvalue weighted by atomic mass is 9.93. The van der Waals surface area contributed by atoms with Gasteiger partial charge in [-0.05, 0) is 30.4 Å². The van der Waals surface area contributed by atoms with Crippen LogP contribution in [0.25, 0.3) is 0 Å². The molecular weight excluding hydrogens is 280 g/mol. The number of aromatic nitrogens is 3. The number of carbonyl (C=O) groups excluding carboxylic acids is 1. The Bertz CT molecular complexity index is 487. The quantitative estimate of drug-likeness (QED) is 0.879. The molecule has 0 atom stereocenters. The molecule has 0 spiro atoms. The number of halogens is 1. The molecule has 0 radical (unpaired) electrons. The van der Waals surface area contributed by atoms with Crippen molar-refractivity contribution in [3.63, 3.8) is 0 Å². The van der Waals surface area contributed by atoms with E-state index in [0.717, 1.165) is 25.9 Å². The highest BCUT2D eigenvalue weighted by molar-refractivity contribution is 6.28. The second kappa shape index (κ2) is 6.21. The van der Waals surface area contributed by atoms with E-state index in [9.17, 15) is 4.79 Å². The summed E-state index contributed by atoms with van der Waals surface area (Å²) in [4.78, 5) is 27.4. The Morgan fingerprint density at radius 2 is 2.00 bits per heavy atom. The van der Waals surface area contributed by atoms with Crippen molar-refractivity contribution in [1.29, 1.82) is 0 Å². The third-order valence-electron chi connectivity index (χ3n) is 3.37. The summed E-state index contributed by atoms with van der Waals surface area (Å²) in [7, 11) is 3.71. The van der Waals surface area contributed by atoms with Crippen LogP contribution in [0, 0.1) is 5.92 Å². The Morgan fingerprint density at radius 1 is 1.35 bits per heavy atom. The maximum atomic E-state index is 10.9. The number of nitrogens with two attached hydrogens (primary N) is 1. The molecule has 110 valence electrons. The second-order valence-electron chi connectivity index (χ2n) is 5.20. The van der Waals surface area contributed by atoms with Gasteiger partial charge in [-0.1, -0.05) is 0 Å². The molecule has 0 aliphatic carbocycles. The van der Waals surface area contributed by atoms with Crippen LogP contribution >= 0.6 is 11.6 Å². The minimum atomic E-state index is -0.235. The molecule has 1 aromatic heterocycles. The predicted octanol–water partition coefficient (Wildman–Crippen LogP) is 0.683. The number of piperidine rings is 1. The molecule has 0 aromatic carbocycles. The summed E-state index contributed by atoms with van der Waals surface area (Å²) in [6.45, 7) is 1.59. The highest BCUT2D eigenvalue weighted by Gasteiger charge is 2.23. The van der Waals surface area contributed by atoms with E-state index in [0.29, 0.717) is 24.2 Å². The average molecular weight is 299 g/mol. The van der Waals surface area contributed by atoms with Crippen molar-refractivity contribution in [3.8, 4) is 0 Å². The summed E-state index contributed by atoms with van der Waals surface area (Å²) >= 11 is 5.93. The summed E-state index contributed by atoms with van der Waals surface area (Å²) in [5.74, 6) is 1.25. The van der Waals surface area contributed by atoms with E-state index < -0.39 is 0 Å². The number of hydrogen-bond acceptors (Lipinski definition) is 6. The zero-order valence-electron chi connectivity index (χ0n) is 11.7. The van der Waals surface area contributed by atoms with Gasteiger partial charge in [-0.25, -0.2) is 0 Å². The topological polar surface area (TPSA) is 88.2 Å². The predicted molar refractivity (Wildman–Crippen MR) is 77.9 cm³/mol. The van der Waals surface area contributed by atoms with Gasteiger partial charge in [0, 0.05) is 33.6 Å². The highest BCUT2D eigenvalue weighted by atomic mass is 35.5. The minimum Gasteiger partial charge on any atom is -0.370 e. The number of carbonyl (C=O) groups is 1. The molecule has 1 aliphatic rings. The third kappa shape index (κ3) is 3.69. The Hall–Kier alpha value is -1.63. The van der Waals surface area contributed by atoms with Crippen LogP contribution in [0.2, 0.25) is 5.28 Å². The van der Waals surface area contributed by atoms with E-state index in [1.807, 2.05) is 14.1 Å². The molecule has 0 saturated carbocycles. The van der Waals surface area contributed by atoms with Gasteiger partial charge in [-0.2, -0.15) is 15.0 Å². The smallest absolute Gasteiger partial charge is 0.231 e. The molecule has 1 saturated heterocycles. The van der Waals surface area contributed by atoms with Gasteiger partial charge < -0.3 is 15.5 Å². The van der Waals surface area contributed by atoms with Gasteiger partial charge in [-0.3, -0.25) is 4.79 Å². The van der Waals surface area contributed by atoms with Gasteiger partial charge in [0.15, 0.2) is 0 Å². The van der Waals surface area contributed by atoms with Crippen LogP contribution < -0.4 is 15.5 Å².